The molecule has 0 spiro atoms. The molecule has 0 amide bonds. The lowest BCUT2D eigenvalue weighted by molar-refractivity contribution is -0.170. The summed E-state index contributed by atoms with van der Waals surface area (Å²) in [6, 6.07) is 40.9. The lowest BCUT2D eigenvalue weighted by Crippen LogP contribution is -2.12. The Morgan fingerprint density at radius 2 is 0.674 bits per heavy atom. The highest BCUT2D eigenvalue weighted by Gasteiger charge is 2.31. The molecule has 0 radical (unpaired) electrons. The minimum Gasteiger partial charge on any atom is -0.374 e. The summed E-state index contributed by atoms with van der Waals surface area (Å²) in [5.41, 5.74) is 1.02. The topological polar surface area (TPSA) is 132 Å². The van der Waals surface area contributed by atoms with Crippen LogP contribution in [0.5, 0.6) is 23.0 Å². The largest absolute Gasteiger partial charge is 0.423 e. The second kappa shape index (κ2) is 16.5. The van der Waals surface area contributed by atoms with Crippen LogP contribution in [0.25, 0.3) is 0 Å². The number of rotatable bonds is 18. The molecular formula is C32H30N2O10P2. The summed E-state index contributed by atoms with van der Waals surface area (Å²) < 4.78 is 48.1. The molecule has 5 aromatic carbocycles. The molecule has 5 rings (SSSR count). The Balaban J connectivity index is 1.22. The fraction of sp³-hybridized carbons (Fsp3) is 0.0625. The van der Waals surface area contributed by atoms with Crippen LogP contribution in [0.4, 0.5) is 11.4 Å². The molecule has 0 aliphatic heterocycles. The van der Waals surface area contributed by atoms with Crippen LogP contribution in [-0.2, 0) is 27.8 Å². The summed E-state index contributed by atoms with van der Waals surface area (Å²) in [5, 5.41) is 5.99. The van der Waals surface area contributed by atoms with E-state index in [1.165, 1.54) is 0 Å². The van der Waals surface area contributed by atoms with Crippen LogP contribution in [0.1, 0.15) is 0 Å². The molecule has 0 aliphatic carbocycles. The van der Waals surface area contributed by atoms with Gasteiger partial charge >= 0.3 is 15.2 Å². The SMILES string of the molecule is O=P(CNc1cccc(NCP(=O)(OOc2ccccc2)OOc2ccccc2)c1)(OOc1ccccc1)OOc1ccccc1. The van der Waals surface area contributed by atoms with E-state index in [0.717, 1.165) is 0 Å². The van der Waals surface area contributed by atoms with Gasteiger partial charge in [-0.3, -0.25) is 9.13 Å². The summed E-state index contributed by atoms with van der Waals surface area (Å²) >= 11 is 0. The van der Waals surface area contributed by atoms with Crippen molar-refractivity contribution in [3.63, 3.8) is 0 Å². The molecule has 0 fully saturated rings. The highest BCUT2D eigenvalue weighted by atomic mass is 31.2. The highest BCUT2D eigenvalue weighted by Crippen LogP contribution is 2.50. The van der Waals surface area contributed by atoms with Crippen LogP contribution in [0, 0.1) is 0 Å². The maximum absolute atomic E-state index is 13.6. The maximum Gasteiger partial charge on any atom is 0.423 e. The van der Waals surface area contributed by atoms with Gasteiger partial charge in [-0.1, -0.05) is 97.6 Å². The standard InChI is InChI=1S/C32H30N2O10P2/c35-45(41-37-29-16-5-1-6-17-29,42-38-30-18-7-2-8-19-30)25-33-27-14-13-15-28(24-27)34-26-46(36,43-39-31-20-9-3-10-21-31)44-40-32-22-11-4-12-23-32/h1-24,33-34H,25-26H2. The van der Waals surface area contributed by atoms with Crippen LogP contribution in [0.3, 0.4) is 0 Å². The molecule has 238 valence electrons. The Bertz CT molecular complexity index is 1500. The van der Waals surface area contributed by atoms with Gasteiger partial charge in [0.05, 0.1) is 0 Å². The summed E-state index contributed by atoms with van der Waals surface area (Å²) in [6.45, 7) is 0. The molecule has 0 unspecified atom stereocenters. The van der Waals surface area contributed by atoms with Crippen LogP contribution >= 0.6 is 15.2 Å². The van der Waals surface area contributed by atoms with Crippen molar-refractivity contribution < 1.29 is 47.4 Å². The fourth-order valence-electron chi connectivity index (χ4n) is 3.55. The molecule has 0 heterocycles. The molecule has 12 nitrogen and oxygen atoms in total. The van der Waals surface area contributed by atoms with Crippen molar-refractivity contribution in [3.8, 4) is 23.0 Å². The lowest BCUT2D eigenvalue weighted by Gasteiger charge is -2.19. The van der Waals surface area contributed by atoms with E-state index in [1.807, 2.05) is 0 Å². The molecule has 0 saturated carbocycles. The van der Waals surface area contributed by atoms with Crippen LogP contribution < -0.4 is 30.2 Å². The van der Waals surface area contributed by atoms with Crippen LogP contribution in [0.2, 0.25) is 0 Å². The molecule has 14 heteroatoms. The lowest BCUT2D eigenvalue weighted by atomic mass is 10.3. The monoisotopic (exact) mass is 664 g/mol. The van der Waals surface area contributed by atoms with E-state index in [-0.39, 0.29) is 12.6 Å². The van der Waals surface area contributed by atoms with E-state index in [0.29, 0.717) is 34.4 Å². The Labute approximate surface area is 265 Å². The molecule has 0 atom stereocenters. The average Bonchev–Trinajstić information content (AvgIpc) is 3.12. The molecule has 46 heavy (non-hydrogen) atoms. The number of nitrogens with one attached hydrogen (secondary N) is 2. The zero-order valence-electron chi connectivity index (χ0n) is 24.2. The Hall–Kier alpha value is -4.80. The molecular weight excluding hydrogens is 634 g/mol. The van der Waals surface area contributed by atoms with Gasteiger partial charge in [0.25, 0.3) is 0 Å². The Morgan fingerprint density at radius 3 is 0.957 bits per heavy atom. The third kappa shape index (κ3) is 10.7. The van der Waals surface area contributed by atoms with Crippen LogP contribution in [0.15, 0.2) is 146 Å². The van der Waals surface area contributed by atoms with Crippen LogP contribution in [-0.4, -0.2) is 12.6 Å². The predicted octanol–water partition coefficient (Wildman–Crippen LogP) is 8.85. The fourth-order valence-corrected chi connectivity index (χ4v) is 5.36. The number of hydrogen-bond donors (Lipinski definition) is 2. The van der Waals surface area contributed by atoms with E-state index in [4.69, 9.17) is 38.2 Å². The van der Waals surface area contributed by atoms with Crippen molar-refractivity contribution in [2.24, 2.45) is 0 Å². The molecule has 0 aliphatic rings. The van der Waals surface area contributed by atoms with E-state index < -0.39 is 15.2 Å². The second-order valence-electron chi connectivity index (χ2n) is 9.36. The first kappa shape index (κ1) is 32.6. The van der Waals surface area contributed by atoms with Gasteiger partial charge in [-0.15, -0.1) is 0 Å². The molecule has 0 saturated heterocycles. The predicted molar refractivity (Wildman–Crippen MR) is 171 cm³/mol. The van der Waals surface area contributed by atoms with Crippen molar-refractivity contribution in [1.82, 2.24) is 0 Å². The number of benzene rings is 5. The third-order valence-electron chi connectivity index (χ3n) is 5.78. The van der Waals surface area contributed by atoms with Gasteiger partial charge in [0.15, 0.2) is 23.0 Å². The summed E-state index contributed by atoms with van der Waals surface area (Å²) in [6.07, 6.45) is -0.673. The summed E-state index contributed by atoms with van der Waals surface area (Å²) in [7, 11) is -8.09. The Morgan fingerprint density at radius 1 is 0.391 bits per heavy atom. The zero-order chi connectivity index (χ0) is 31.9. The average molecular weight is 665 g/mol. The van der Waals surface area contributed by atoms with Gasteiger partial charge in [0.2, 0.25) is 0 Å². The quantitative estimate of drug-likeness (QED) is 0.0527. The second-order valence-corrected chi connectivity index (χ2v) is 13.0. The van der Waals surface area contributed by atoms with Crippen molar-refractivity contribution >= 4 is 26.6 Å². The first-order chi connectivity index (χ1) is 22.5. The van der Waals surface area contributed by atoms with Gasteiger partial charge in [0.1, 0.15) is 12.6 Å². The third-order valence-corrected chi connectivity index (χ3v) is 8.07. The number of hydrogen-bond acceptors (Lipinski definition) is 12. The first-order valence-electron chi connectivity index (χ1n) is 13.9. The molecule has 5 aromatic rings. The van der Waals surface area contributed by atoms with Gasteiger partial charge in [-0.25, -0.2) is 0 Å². The van der Waals surface area contributed by atoms with Crippen molar-refractivity contribution in [2.45, 2.75) is 0 Å². The minimum atomic E-state index is -4.04. The highest BCUT2D eigenvalue weighted by molar-refractivity contribution is 7.54. The number of anilines is 2. The smallest absolute Gasteiger partial charge is 0.374 e. The van der Waals surface area contributed by atoms with Crippen molar-refractivity contribution in [1.29, 1.82) is 0 Å². The van der Waals surface area contributed by atoms with E-state index >= 15 is 0 Å². The van der Waals surface area contributed by atoms with E-state index in [9.17, 15) is 9.13 Å². The van der Waals surface area contributed by atoms with Gasteiger partial charge in [-0.05, 0) is 66.7 Å². The van der Waals surface area contributed by atoms with E-state index in [2.05, 4.69) is 10.6 Å². The van der Waals surface area contributed by atoms with Gasteiger partial charge in [0, 0.05) is 11.4 Å². The number of para-hydroxylation sites is 4. The van der Waals surface area contributed by atoms with Gasteiger partial charge in [-0.2, -0.15) is 0 Å². The normalized spacial score (nSPS) is 11.3. The molecule has 0 aromatic heterocycles. The van der Waals surface area contributed by atoms with E-state index in [1.54, 1.807) is 146 Å². The summed E-state index contributed by atoms with van der Waals surface area (Å²) in [5.74, 6) is 1.27. The minimum absolute atomic E-state index is 0.318. The summed E-state index contributed by atoms with van der Waals surface area (Å²) in [4.78, 5) is 21.0. The zero-order valence-corrected chi connectivity index (χ0v) is 26.0. The van der Waals surface area contributed by atoms with Crippen molar-refractivity contribution in [3.05, 3.63) is 146 Å². The van der Waals surface area contributed by atoms with Gasteiger partial charge < -0.3 is 30.2 Å². The maximum atomic E-state index is 13.6. The molecule has 0 bridgehead atoms. The first-order valence-corrected chi connectivity index (χ1v) is 17.3. The Kier molecular flexibility index (Phi) is 11.7. The molecule has 2 N–H and O–H groups in total. The van der Waals surface area contributed by atoms with Crippen molar-refractivity contribution in [2.75, 3.05) is 23.2 Å².